The third-order valence-electron chi connectivity index (χ3n) is 4.09. The largest absolute Gasteiger partial charge is 0.304 e. The third-order valence-corrected chi connectivity index (χ3v) is 5.65. The van der Waals surface area contributed by atoms with Gasteiger partial charge >= 0.3 is 0 Å². The molecule has 1 aromatic carbocycles. The molecule has 0 amide bonds. The average molecular weight is 366 g/mol. The molecule has 1 atom stereocenters. The second-order valence-corrected chi connectivity index (χ2v) is 7.50. The maximum atomic E-state index is 4.84. The Hall–Kier alpha value is -0.750. The summed E-state index contributed by atoms with van der Waals surface area (Å²) in [6.07, 6.45) is 1.04. The molecule has 21 heavy (non-hydrogen) atoms. The number of piperazine rings is 1. The standard InChI is InChI=1S/C16H20BrN3S/c1-19-7-8-20(2)12(10-19)9-16-18-15(11-21-16)13-5-3-4-6-14(13)17/h3-6,11-12H,7-10H2,1-2H3. The first-order valence-corrected chi connectivity index (χ1v) is 8.89. The number of hydrogen-bond donors (Lipinski definition) is 0. The third kappa shape index (κ3) is 3.54. The van der Waals surface area contributed by atoms with E-state index < -0.39 is 0 Å². The molecule has 1 unspecified atom stereocenters. The first-order chi connectivity index (χ1) is 10.1. The summed E-state index contributed by atoms with van der Waals surface area (Å²) in [4.78, 5) is 9.71. The van der Waals surface area contributed by atoms with Crippen LogP contribution in [-0.2, 0) is 6.42 Å². The molecule has 1 aliphatic rings. The molecule has 0 aliphatic carbocycles. The van der Waals surface area contributed by atoms with E-state index in [1.54, 1.807) is 11.3 Å². The van der Waals surface area contributed by atoms with Crippen LogP contribution in [0.5, 0.6) is 0 Å². The van der Waals surface area contributed by atoms with E-state index in [-0.39, 0.29) is 0 Å². The van der Waals surface area contributed by atoms with E-state index in [1.807, 2.05) is 6.07 Å². The molecule has 3 nitrogen and oxygen atoms in total. The van der Waals surface area contributed by atoms with Crippen LogP contribution < -0.4 is 0 Å². The summed E-state index contributed by atoms with van der Waals surface area (Å²) >= 11 is 5.38. The van der Waals surface area contributed by atoms with Crippen molar-refractivity contribution in [3.05, 3.63) is 39.1 Å². The molecular weight excluding hydrogens is 346 g/mol. The van der Waals surface area contributed by atoms with Crippen molar-refractivity contribution in [2.75, 3.05) is 33.7 Å². The molecule has 2 aromatic rings. The minimum Gasteiger partial charge on any atom is -0.304 e. The summed E-state index contributed by atoms with van der Waals surface area (Å²) in [6.45, 7) is 3.43. The molecule has 2 heterocycles. The van der Waals surface area contributed by atoms with Gasteiger partial charge in [-0.25, -0.2) is 4.98 Å². The molecule has 1 saturated heterocycles. The van der Waals surface area contributed by atoms with Crippen LogP contribution in [0.4, 0.5) is 0 Å². The Morgan fingerprint density at radius 2 is 2.10 bits per heavy atom. The van der Waals surface area contributed by atoms with Crippen LogP contribution in [0.25, 0.3) is 11.3 Å². The Balaban J connectivity index is 1.75. The van der Waals surface area contributed by atoms with Crippen molar-refractivity contribution in [1.29, 1.82) is 0 Å². The topological polar surface area (TPSA) is 19.4 Å². The van der Waals surface area contributed by atoms with Crippen molar-refractivity contribution in [3.8, 4) is 11.3 Å². The fourth-order valence-corrected chi connectivity index (χ4v) is 4.08. The van der Waals surface area contributed by atoms with Gasteiger partial charge in [0.15, 0.2) is 0 Å². The van der Waals surface area contributed by atoms with Gasteiger partial charge in [0.1, 0.15) is 0 Å². The zero-order valence-electron chi connectivity index (χ0n) is 12.4. The molecule has 0 spiro atoms. The smallest absolute Gasteiger partial charge is 0.0948 e. The summed E-state index contributed by atoms with van der Waals surface area (Å²) in [7, 11) is 4.42. The fourth-order valence-electron chi connectivity index (χ4n) is 2.72. The minimum atomic E-state index is 0.571. The second kappa shape index (κ2) is 6.57. The van der Waals surface area contributed by atoms with Crippen LogP contribution in [0.15, 0.2) is 34.1 Å². The number of benzene rings is 1. The lowest BCUT2D eigenvalue weighted by Gasteiger charge is -2.37. The predicted molar refractivity (Wildman–Crippen MR) is 92.9 cm³/mol. The summed E-state index contributed by atoms with van der Waals surface area (Å²) in [6, 6.07) is 8.85. The number of hydrogen-bond acceptors (Lipinski definition) is 4. The first-order valence-electron chi connectivity index (χ1n) is 7.21. The van der Waals surface area contributed by atoms with Gasteiger partial charge in [0.25, 0.3) is 0 Å². The number of halogens is 1. The van der Waals surface area contributed by atoms with Gasteiger partial charge in [-0.2, -0.15) is 0 Å². The predicted octanol–water partition coefficient (Wildman–Crippen LogP) is 3.36. The Kier molecular flexibility index (Phi) is 4.74. The lowest BCUT2D eigenvalue weighted by atomic mass is 10.1. The highest BCUT2D eigenvalue weighted by Gasteiger charge is 2.23. The number of nitrogens with zero attached hydrogens (tertiary/aromatic N) is 3. The van der Waals surface area contributed by atoms with Crippen LogP contribution in [0.1, 0.15) is 5.01 Å². The highest BCUT2D eigenvalue weighted by Crippen LogP contribution is 2.29. The Morgan fingerprint density at radius 3 is 2.90 bits per heavy atom. The Morgan fingerprint density at radius 1 is 1.29 bits per heavy atom. The molecule has 3 rings (SSSR count). The number of likely N-dealkylation sites (N-methyl/N-ethyl adjacent to an activating group) is 2. The lowest BCUT2D eigenvalue weighted by molar-refractivity contribution is 0.114. The van der Waals surface area contributed by atoms with Gasteiger partial charge in [-0.1, -0.05) is 34.1 Å². The van der Waals surface area contributed by atoms with E-state index in [1.165, 1.54) is 10.6 Å². The van der Waals surface area contributed by atoms with E-state index in [2.05, 4.69) is 63.4 Å². The Bertz CT molecular complexity index is 613. The van der Waals surface area contributed by atoms with Gasteiger partial charge in [-0.15, -0.1) is 11.3 Å². The molecule has 1 aliphatic heterocycles. The minimum absolute atomic E-state index is 0.571. The Labute approximate surface area is 138 Å². The normalized spacial score (nSPS) is 20.8. The van der Waals surface area contributed by atoms with Gasteiger partial charge in [0.05, 0.1) is 10.7 Å². The molecule has 0 bridgehead atoms. The monoisotopic (exact) mass is 365 g/mol. The summed E-state index contributed by atoms with van der Waals surface area (Å²) in [5, 5.41) is 3.40. The lowest BCUT2D eigenvalue weighted by Crippen LogP contribution is -2.50. The fraction of sp³-hybridized carbons (Fsp3) is 0.438. The van der Waals surface area contributed by atoms with Crippen molar-refractivity contribution in [2.45, 2.75) is 12.5 Å². The zero-order chi connectivity index (χ0) is 14.8. The van der Waals surface area contributed by atoms with E-state index in [0.717, 1.165) is 36.2 Å². The van der Waals surface area contributed by atoms with E-state index in [4.69, 9.17) is 4.98 Å². The van der Waals surface area contributed by atoms with Crippen LogP contribution in [0.2, 0.25) is 0 Å². The zero-order valence-corrected chi connectivity index (χ0v) is 14.8. The van der Waals surface area contributed by atoms with Gasteiger partial charge in [-0.3, -0.25) is 0 Å². The SMILES string of the molecule is CN1CCN(C)C(Cc2nc(-c3ccccc3Br)cs2)C1. The number of aromatic nitrogens is 1. The van der Waals surface area contributed by atoms with Gasteiger partial charge < -0.3 is 9.80 Å². The molecule has 0 saturated carbocycles. The molecule has 112 valence electrons. The molecule has 1 fully saturated rings. The van der Waals surface area contributed by atoms with Crippen LogP contribution >= 0.6 is 27.3 Å². The second-order valence-electron chi connectivity index (χ2n) is 5.71. The van der Waals surface area contributed by atoms with Crippen LogP contribution in [-0.4, -0.2) is 54.6 Å². The highest BCUT2D eigenvalue weighted by molar-refractivity contribution is 9.10. The number of rotatable bonds is 3. The average Bonchev–Trinajstić information content (AvgIpc) is 2.92. The van der Waals surface area contributed by atoms with Crippen molar-refractivity contribution < 1.29 is 0 Å². The van der Waals surface area contributed by atoms with Gasteiger partial charge in [0, 0.05) is 47.5 Å². The molecule has 0 N–H and O–H groups in total. The van der Waals surface area contributed by atoms with Crippen molar-refractivity contribution >= 4 is 27.3 Å². The number of thiazole rings is 1. The summed E-state index contributed by atoms with van der Waals surface area (Å²) in [5.41, 5.74) is 2.25. The quantitative estimate of drug-likeness (QED) is 0.831. The maximum absolute atomic E-state index is 4.84. The van der Waals surface area contributed by atoms with Crippen molar-refractivity contribution in [2.24, 2.45) is 0 Å². The molecule has 0 radical (unpaired) electrons. The first kappa shape index (κ1) is 15.2. The van der Waals surface area contributed by atoms with Gasteiger partial charge in [-0.05, 0) is 20.2 Å². The molecule has 5 heteroatoms. The van der Waals surface area contributed by atoms with E-state index in [0.29, 0.717) is 6.04 Å². The molecule has 1 aromatic heterocycles. The van der Waals surface area contributed by atoms with Crippen LogP contribution in [0.3, 0.4) is 0 Å². The van der Waals surface area contributed by atoms with Gasteiger partial charge in [0.2, 0.25) is 0 Å². The molecular formula is C16H20BrN3S. The van der Waals surface area contributed by atoms with E-state index >= 15 is 0 Å². The van der Waals surface area contributed by atoms with E-state index in [9.17, 15) is 0 Å². The maximum Gasteiger partial charge on any atom is 0.0948 e. The van der Waals surface area contributed by atoms with Crippen molar-refractivity contribution in [1.82, 2.24) is 14.8 Å². The summed E-state index contributed by atoms with van der Waals surface area (Å²) in [5.74, 6) is 0. The highest BCUT2D eigenvalue weighted by atomic mass is 79.9. The van der Waals surface area contributed by atoms with Crippen LogP contribution in [0, 0.1) is 0 Å². The summed E-state index contributed by atoms with van der Waals surface area (Å²) < 4.78 is 1.11. The van der Waals surface area contributed by atoms with Crippen molar-refractivity contribution in [3.63, 3.8) is 0 Å².